The maximum atomic E-state index is 10.1. The van der Waals surface area contributed by atoms with Gasteiger partial charge in [0.05, 0.1) is 18.0 Å². The molecule has 1 aliphatic rings. The zero-order chi connectivity index (χ0) is 15.9. The normalized spacial score (nSPS) is 32.3. The van der Waals surface area contributed by atoms with Crippen LogP contribution < -0.4 is 11.1 Å². The van der Waals surface area contributed by atoms with Crippen molar-refractivity contribution in [1.82, 2.24) is 10.3 Å². The van der Waals surface area contributed by atoms with Crippen molar-refractivity contribution in [3.05, 3.63) is 12.1 Å². The Kier molecular flexibility index (Phi) is 3.85. The van der Waals surface area contributed by atoms with Crippen molar-refractivity contribution in [2.24, 2.45) is 0 Å². The smallest absolute Gasteiger partial charge is 0.178 e. The quantitative estimate of drug-likeness (QED) is 0.349. The summed E-state index contributed by atoms with van der Waals surface area (Å²) >= 11 is 0. The Morgan fingerprint density at radius 1 is 1.14 bits per heavy atom. The molecule has 22 heavy (non-hydrogen) atoms. The molecule has 120 valence electrons. The van der Waals surface area contributed by atoms with Crippen LogP contribution in [0.25, 0.3) is 11.0 Å². The fourth-order valence-electron chi connectivity index (χ4n) is 2.43. The third-order valence-electron chi connectivity index (χ3n) is 3.67. The van der Waals surface area contributed by atoms with Crippen LogP contribution in [-0.4, -0.2) is 68.0 Å². The number of anilines is 2. The lowest BCUT2D eigenvalue weighted by Crippen LogP contribution is -2.61. The van der Waals surface area contributed by atoms with Crippen LogP contribution in [0.1, 0.15) is 0 Å². The van der Waals surface area contributed by atoms with Crippen LogP contribution in [0.5, 0.6) is 0 Å². The first-order valence-electron chi connectivity index (χ1n) is 6.60. The molecular weight excluding hydrogens is 296 g/mol. The van der Waals surface area contributed by atoms with Crippen molar-refractivity contribution >= 4 is 22.4 Å². The van der Waals surface area contributed by atoms with Gasteiger partial charge in [-0.1, -0.05) is 0 Å². The molecule has 1 aromatic heterocycles. The Balaban J connectivity index is 1.88. The van der Waals surface area contributed by atoms with Crippen LogP contribution in [0.2, 0.25) is 0 Å². The molecule has 1 fully saturated rings. The van der Waals surface area contributed by atoms with Gasteiger partial charge in [-0.25, -0.2) is 4.63 Å². The summed E-state index contributed by atoms with van der Waals surface area (Å²) in [6.45, 7) is -0.526. The highest BCUT2D eigenvalue weighted by atomic mass is 16.6. The van der Waals surface area contributed by atoms with Crippen LogP contribution in [0.4, 0.5) is 11.4 Å². The van der Waals surface area contributed by atoms with E-state index in [0.717, 1.165) is 0 Å². The molecule has 7 N–H and O–H groups in total. The fourth-order valence-corrected chi connectivity index (χ4v) is 2.43. The monoisotopic (exact) mass is 312 g/mol. The standard InChI is InChI=1S/C12H16N4O6/c13-4-1-2-5(8-7(4)15-22-16-8)14-9-11(19)10(18)6(3-17)21-12(9)20/h1-2,6,9-12,14,17-20H,3,13H2/t6?,9?,10-,11?,12-/m0/s1. The van der Waals surface area contributed by atoms with E-state index in [1.54, 1.807) is 12.1 Å². The number of benzene rings is 1. The van der Waals surface area contributed by atoms with Gasteiger partial charge in [0.25, 0.3) is 0 Å². The van der Waals surface area contributed by atoms with E-state index in [4.69, 9.17) is 15.6 Å². The van der Waals surface area contributed by atoms with Gasteiger partial charge in [-0.15, -0.1) is 0 Å². The molecule has 10 heteroatoms. The number of nitrogens with zero attached hydrogens (tertiary/aromatic N) is 2. The Bertz CT molecular complexity index is 664. The molecule has 3 unspecified atom stereocenters. The van der Waals surface area contributed by atoms with E-state index in [1.807, 2.05) is 0 Å². The van der Waals surface area contributed by atoms with Crippen LogP contribution in [-0.2, 0) is 4.74 Å². The minimum absolute atomic E-state index is 0.318. The number of rotatable bonds is 3. The number of nitrogens with two attached hydrogens (primary N) is 1. The van der Waals surface area contributed by atoms with Crippen molar-refractivity contribution in [2.45, 2.75) is 30.6 Å². The number of nitrogens with one attached hydrogen (secondary N) is 1. The van der Waals surface area contributed by atoms with Gasteiger partial charge >= 0.3 is 0 Å². The summed E-state index contributed by atoms with van der Waals surface area (Å²) in [6, 6.07) is 2.09. The second-order valence-corrected chi connectivity index (χ2v) is 5.06. The minimum Gasteiger partial charge on any atom is -0.397 e. The van der Waals surface area contributed by atoms with E-state index >= 15 is 0 Å². The Morgan fingerprint density at radius 3 is 2.59 bits per heavy atom. The number of fused-ring (bicyclic) bond motifs is 1. The van der Waals surface area contributed by atoms with Crippen molar-refractivity contribution in [2.75, 3.05) is 17.7 Å². The van der Waals surface area contributed by atoms with Gasteiger partial charge in [-0.3, -0.25) is 0 Å². The fraction of sp³-hybridized carbons (Fsp3) is 0.500. The minimum atomic E-state index is -1.44. The molecule has 0 saturated carbocycles. The number of ether oxygens (including phenoxy) is 1. The predicted molar refractivity (Wildman–Crippen MR) is 73.6 cm³/mol. The van der Waals surface area contributed by atoms with Gasteiger partial charge < -0.3 is 36.2 Å². The Labute approximate surface area is 124 Å². The van der Waals surface area contributed by atoms with Crippen molar-refractivity contribution < 1.29 is 29.8 Å². The van der Waals surface area contributed by atoms with E-state index in [2.05, 4.69) is 20.3 Å². The first-order chi connectivity index (χ1) is 10.5. The average molecular weight is 312 g/mol. The van der Waals surface area contributed by atoms with E-state index in [1.165, 1.54) is 0 Å². The van der Waals surface area contributed by atoms with Crippen LogP contribution in [0, 0.1) is 0 Å². The number of hydrogen-bond acceptors (Lipinski definition) is 10. The maximum Gasteiger partial charge on any atom is 0.178 e. The topological polar surface area (TPSA) is 167 Å². The predicted octanol–water partition coefficient (Wildman–Crippen LogP) is -1.98. The molecule has 2 aromatic rings. The molecule has 0 aliphatic carbocycles. The summed E-state index contributed by atoms with van der Waals surface area (Å²) in [5.41, 5.74) is 7.14. The first kappa shape index (κ1) is 14.9. The molecule has 1 aliphatic heterocycles. The van der Waals surface area contributed by atoms with Crippen molar-refractivity contribution in [1.29, 1.82) is 0 Å². The Morgan fingerprint density at radius 2 is 1.86 bits per heavy atom. The molecule has 1 aromatic carbocycles. The lowest BCUT2D eigenvalue weighted by atomic mass is 9.96. The van der Waals surface area contributed by atoms with Crippen molar-refractivity contribution in [3.8, 4) is 0 Å². The number of nitrogen functional groups attached to an aromatic ring is 1. The van der Waals surface area contributed by atoms with Gasteiger partial charge in [0, 0.05) is 0 Å². The molecule has 0 spiro atoms. The van der Waals surface area contributed by atoms with Gasteiger partial charge in [0.2, 0.25) is 0 Å². The van der Waals surface area contributed by atoms with Crippen LogP contribution >= 0.6 is 0 Å². The molecule has 0 amide bonds. The van der Waals surface area contributed by atoms with Gasteiger partial charge in [-0.05, 0) is 22.4 Å². The second-order valence-electron chi connectivity index (χ2n) is 5.06. The molecule has 2 heterocycles. The largest absolute Gasteiger partial charge is 0.397 e. The molecule has 0 radical (unpaired) electrons. The number of aliphatic hydroxyl groups is 4. The molecule has 5 atom stereocenters. The second kappa shape index (κ2) is 5.66. The van der Waals surface area contributed by atoms with Crippen molar-refractivity contribution in [3.63, 3.8) is 0 Å². The zero-order valence-electron chi connectivity index (χ0n) is 11.3. The number of aromatic nitrogens is 2. The van der Waals surface area contributed by atoms with Crippen LogP contribution in [0.15, 0.2) is 16.8 Å². The third-order valence-corrected chi connectivity index (χ3v) is 3.67. The van der Waals surface area contributed by atoms with E-state index < -0.39 is 37.3 Å². The molecule has 10 nitrogen and oxygen atoms in total. The van der Waals surface area contributed by atoms with E-state index in [0.29, 0.717) is 22.4 Å². The molecular formula is C12H16N4O6. The lowest BCUT2D eigenvalue weighted by molar-refractivity contribution is -0.245. The summed E-state index contributed by atoms with van der Waals surface area (Å²) in [5, 5.41) is 49.2. The summed E-state index contributed by atoms with van der Waals surface area (Å²) in [6.07, 6.45) is -5.23. The van der Waals surface area contributed by atoms with Crippen LogP contribution in [0.3, 0.4) is 0 Å². The van der Waals surface area contributed by atoms with E-state index in [-0.39, 0.29) is 0 Å². The highest BCUT2D eigenvalue weighted by molar-refractivity contribution is 5.95. The van der Waals surface area contributed by atoms with Gasteiger partial charge in [-0.2, -0.15) is 0 Å². The summed E-state index contributed by atoms with van der Waals surface area (Å²) in [7, 11) is 0. The lowest BCUT2D eigenvalue weighted by Gasteiger charge is -2.40. The SMILES string of the molecule is Nc1ccc(NC2C(O)[C@@H](O)C(CO)O[C@@H]2O)c2nonc12. The summed E-state index contributed by atoms with van der Waals surface area (Å²) in [4.78, 5) is 0. The number of aliphatic hydroxyl groups excluding tert-OH is 4. The maximum absolute atomic E-state index is 10.1. The first-order valence-corrected chi connectivity index (χ1v) is 6.60. The van der Waals surface area contributed by atoms with Gasteiger partial charge in [0.15, 0.2) is 17.3 Å². The zero-order valence-corrected chi connectivity index (χ0v) is 11.3. The molecule has 1 saturated heterocycles. The highest BCUT2D eigenvalue weighted by Gasteiger charge is 2.43. The Hall–Kier alpha value is -1.98. The van der Waals surface area contributed by atoms with E-state index in [9.17, 15) is 15.3 Å². The summed E-state index contributed by atoms with van der Waals surface area (Å²) in [5.74, 6) is 0. The average Bonchev–Trinajstić information content (AvgIpc) is 3.00. The summed E-state index contributed by atoms with van der Waals surface area (Å²) < 4.78 is 9.70. The highest BCUT2D eigenvalue weighted by Crippen LogP contribution is 2.28. The number of hydrogen-bond donors (Lipinski definition) is 6. The molecule has 0 bridgehead atoms. The van der Waals surface area contributed by atoms with Gasteiger partial charge in [0.1, 0.15) is 24.4 Å². The molecule has 3 rings (SSSR count). The third kappa shape index (κ3) is 2.36.